The molecule has 2 aromatic carbocycles. The summed E-state index contributed by atoms with van der Waals surface area (Å²) in [6.07, 6.45) is 0.870. The molecular formula is C19H23BrN2O5S. The monoisotopic (exact) mass is 470 g/mol. The van der Waals surface area contributed by atoms with Gasteiger partial charge in [-0.3, -0.25) is 4.79 Å². The fourth-order valence-electron chi connectivity index (χ4n) is 2.29. The molecule has 0 spiro atoms. The predicted octanol–water partition coefficient (Wildman–Crippen LogP) is 2.71. The Morgan fingerprint density at radius 1 is 1.07 bits per heavy atom. The molecule has 0 heterocycles. The molecule has 0 fully saturated rings. The molecule has 152 valence electrons. The number of sulfonamides is 1. The van der Waals surface area contributed by atoms with Crippen LogP contribution in [0.25, 0.3) is 0 Å². The minimum Gasteiger partial charge on any atom is -0.497 e. The second-order valence-electron chi connectivity index (χ2n) is 5.83. The van der Waals surface area contributed by atoms with E-state index in [0.717, 1.165) is 10.2 Å². The topological polar surface area (TPSA) is 93.7 Å². The van der Waals surface area contributed by atoms with Gasteiger partial charge >= 0.3 is 0 Å². The molecule has 2 aromatic rings. The highest BCUT2D eigenvalue weighted by Gasteiger charge is 2.13. The lowest BCUT2D eigenvalue weighted by Crippen LogP contribution is -2.34. The van der Waals surface area contributed by atoms with Crippen LogP contribution in [0.3, 0.4) is 0 Å². The molecule has 9 heteroatoms. The van der Waals surface area contributed by atoms with Crippen LogP contribution in [-0.4, -0.2) is 41.1 Å². The van der Waals surface area contributed by atoms with Gasteiger partial charge in [0.1, 0.15) is 11.5 Å². The van der Waals surface area contributed by atoms with E-state index in [-0.39, 0.29) is 23.9 Å². The van der Waals surface area contributed by atoms with Crippen LogP contribution < -0.4 is 19.5 Å². The van der Waals surface area contributed by atoms with Crippen LogP contribution in [0.5, 0.6) is 11.5 Å². The molecule has 0 aliphatic heterocycles. The maximum absolute atomic E-state index is 12.2. The van der Waals surface area contributed by atoms with Crippen LogP contribution in [-0.2, 0) is 14.8 Å². The molecule has 28 heavy (non-hydrogen) atoms. The SMILES string of the molecule is COc1ccc(S(=O)(=O)NCCNC(=O)CCCOc2cccc(Br)c2)cc1. The number of ether oxygens (including phenoxy) is 2. The van der Waals surface area contributed by atoms with Crippen LogP contribution in [0, 0.1) is 0 Å². The van der Waals surface area contributed by atoms with Gasteiger partial charge in [0.15, 0.2) is 0 Å². The number of benzene rings is 2. The Labute approximate surface area is 173 Å². The van der Waals surface area contributed by atoms with Gasteiger partial charge in [0, 0.05) is 24.0 Å². The standard InChI is InChI=1S/C19H23BrN2O5S/c1-26-16-7-9-18(10-8-16)28(24,25)22-12-11-21-19(23)6-3-13-27-17-5-2-4-15(20)14-17/h2,4-5,7-10,14,22H,3,6,11-13H2,1H3,(H,21,23). The minimum atomic E-state index is -3.62. The highest BCUT2D eigenvalue weighted by molar-refractivity contribution is 9.10. The zero-order valence-electron chi connectivity index (χ0n) is 15.5. The Bertz CT molecular complexity index is 872. The lowest BCUT2D eigenvalue weighted by atomic mass is 10.3. The van der Waals surface area contributed by atoms with Gasteiger partial charge in [0.05, 0.1) is 18.6 Å². The van der Waals surface area contributed by atoms with Gasteiger partial charge in [0.25, 0.3) is 0 Å². The third-order valence-corrected chi connectivity index (χ3v) is 5.69. The molecule has 2 N–H and O–H groups in total. The van der Waals surface area contributed by atoms with E-state index in [2.05, 4.69) is 26.0 Å². The van der Waals surface area contributed by atoms with Crippen molar-refractivity contribution in [3.05, 3.63) is 53.0 Å². The summed E-state index contributed by atoms with van der Waals surface area (Å²) in [5, 5.41) is 2.68. The zero-order chi connectivity index (χ0) is 20.4. The van der Waals surface area contributed by atoms with E-state index in [0.29, 0.717) is 25.2 Å². The molecule has 0 saturated carbocycles. The third-order valence-electron chi connectivity index (χ3n) is 3.72. The average Bonchev–Trinajstić information content (AvgIpc) is 2.69. The summed E-state index contributed by atoms with van der Waals surface area (Å²) in [6, 6.07) is 13.6. The molecule has 0 unspecified atom stereocenters. The fourth-order valence-corrected chi connectivity index (χ4v) is 3.70. The van der Waals surface area contributed by atoms with Crippen LogP contribution >= 0.6 is 15.9 Å². The fraction of sp³-hybridized carbons (Fsp3) is 0.316. The number of halogens is 1. The molecule has 0 aromatic heterocycles. The summed E-state index contributed by atoms with van der Waals surface area (Å²) >= 11 is 3.37. The molecule has 0 bridgehead atoms. The first-order chi connectivity index (χ1) is 13.4. The maximum atomic E-state index is 12.2. The van der Waals surface area contributed by atoms with Crippen LogP contribution in [0.15, 0.2) is 57.9 Å². The van der Waals surface area contributed by atoms with Crippen molar-refractivity contribution in [1.29, 1.82) is 0 Å². The smallest absolute Gasteiger partial charge is 0.240 e. The quantitative estimate of drug-likeness (QED) is 0.492. The summed E-state index contributed by atoms with van der Waals surface area (Å²) < 4.78 is 38.3. The summed E-state index contributed by atoms with van der Waals surface area (Å²) in [4.78, 5) is 12.0. The molecular weight excluding hydrogens is 448 g/mol. The Morgan fingerprint density at radius 2 is 1.82 bits per heavy atom. The average molecular weight is 471 g/mol. The second kappa shape index (κ2) is 11.0. The van der Waals surface area contributed by atoms with E-state index >= 15 is 0 Å². The molecule has 1 amide bonds. The number of hydrogen-bond acceptors (Lipinski definition) is 5. The second-order valence-corrected chi connectivity index (χ2v) is 8.52. The summed E-state index contributed by atoms with van der Waals surface area (Å²) in [5.41, 5.74) is 0. The first-order valence-electron chi connectivity index (χ1n) is 8.69. The molecule has 7 nitrogen and oxygen atoms in total. The van der Waals surface area contributed by atoms with E-state index in [4.69, 9.17) is 9.47 Å². The first kappa shape index (κ1) is 22.2. The van der Waals surface area contributed by atoms with Crippen molar-refractivity contribution in [3.63, 3.8) is 0 Å². The van der Waals surface area contributed by atoms with Gasteiger partial charge in [-0.25, -0.2) is 13.1 Å². The Kier molecular flexibility index (Phi) is 8.75. The van der Waals surface area contributed by atoms with Crippen molar-refractivity contribution in [1.82, 2.24) is 10.0 Å². The molecule has 0 aliphatic carbocycles. The number of nitrogens with one attached hydrogen (secondary N) is 2. The third kappa shape index (κ3) is 7.49. The molecule has 0 atom stereocenters. The van der Waals surface area contributed by atoms with Crippen molar-refractivity contribution in [2.24, 2.45) is 0 Å². The number of methoxy groups -OCH3 is 1. The molecule has 0 aliphatic rings. The van der Waals surface area contributed by atoms with Crippen molar-refractivity contribution < 1.29 is 22.7 Å². The van der Waals surface area contributed by atoms with Gasteiger partial charge < -0.3 is 14.8 Å². The molecule has 0 radical (unpaired) electrons. The van der Waals surface area contributed by atoms with Crippen LogP contribution in [0.2, 0.25) is 0 Å². The number of carbonyl (C=O) groups is 1. The Morgan fingerprint density at radius 3 is 2.50 bits per heavy atom. The number of carbonyl (C=O) groups excluding carboxylic acids is 1. The number of rotatable bonds is 11. The predicted molar refractivity (Wildman–Crippen MR) is 110 cm³/mol. The van der Waals surface area contributed by atoms with Gasteiger partial charge in [-0.05, 0) is 48.9 Å². The van der Waals surface area contributed by atoms with Gasteiger partial charge in [0.2, 0.25) is 15.9 Å². The van der Waals surface area contributed by atoms with E-state index in [1.165, 1.54) is 19.2 Å². The van der Waals surface area contributed by atoms with E-state index in [1.54, 1.807) is 12.1 Å². The van der Waals surface area contributed by atoms with Crippen LogP contribution in [0.4, 0.5) is 0 Å². The van der Waals surface area contributed by atoms with Crippen molar-refractivity contribution in [2.75, 3.05) is 26.8 Å². The lowest BCUT2D eigenvalue weighted by Gasteiger charge is -2.09. The van der Waals surface area contributed by atoms with Gasteiger partial charge in [-0.1, -0.05) is 22.0 Å². The Hall–Kier alpha value is -2.10. The molecule has 0 saturated heterocycles. The highest BCUT2D eigenvalue weighted by Crippen LogP contribution is 2.18. The van der Waals surface area contributed by atoms with Crippen LogP contribution in [0.1, 0.15) is 12.8 Å². The van der Waals surface area contributed by atoms with E-state index in [1.807, 2.05) is 24.3 Å². The van der Waals surface area contributed by atoms with E-state index < -0.39 is 10.0 Å². The number of hydrogen-bond donors (Lipinski definition) is 2. The van der Waals surface area contributed by atoms with Crippen molar-refractivity contribution in [3.8, 4) is 11.5 Å². The summed E-state index contributed by atoms with van der Waals surface area (Å²) in [7, 11) is -2.11. The maximum Gasteiger partial charge on any atom is 0.240 e. The van der Waals surface area contributed by atoms with Gasteiger partial charge in [-0.2, -0.15) is 0 Å². The summed E-state index contributed by atoms with van der Waals surface area (Å²) in [5.74, 6) is 1.17. The van der Waals surface area contributed by atoms with Gasteiger partial charge in [-0.15, -0.1) is 0 Å². The zero-order valence-corrected chi connectivity index (χ0v) is 17.9. The summed E-state index contributed by atoms with van der Waals surface area (Å²) in [6.45, 7) is 0.739. The minimum absolute atomic E-state index is 0.106. The van der Waals surface area contributed by atoms with E-state index in [9.17, 15) is 13.2 Å². The number of amides is 1. The lowest BCUT2D eigenvalue weighted by molar-refractivity contribution is -0.121. The first-order valence-corrected chi connectivity index (χ1v) is 11.0. The largest absolute Gasteiger partial charge is 0.497 e. The molecule has 2 rings (SSSR count). The Balaban J connectivity index is 1.62. The highest BCUT2D eigenvalue weighted by atomic mass is 79.9. The normalized spacial score (nSPS) is 11.1. The van der Waals surface area contributed by atoms with Crippen molar-refractivity contribution >= 4 is 31.9 Å². The van der Waals surface area contributed by atoms with Crippen molar-refractivity contribution in [2.45, 2.75) is 17.7 Å².